The predicted octanol–water partition coefficient (Wildman–Crippen LogP) is 4.58. The van der Waals surface area contributed by atoms with Gasteiger partial charge in [-0.15, -0.1) is 5.10 Å². The van der Waals surface area contributed by atoms with Gasteiger partial charge in [-0.3, -0.25) is 14.4 Å². The van der Waals surface area contributed by atoms with E-state index in [0.717, 1.165) is 119 Å². The van der Waals surface area contributed by atoms with Crippen LogP contribution in [0, 0.1) is 24.5 Å². The lowest BCUT2D eigenvalue weighted by Crippen LogP contribution is -2.49. The summed E-state index contributed by atoms with van der Waals surface area (Å²) in [5.41, 5.74) is 6.58. The van der Waals surface area contributed by atoms with Crippen molar-refractivity contribution in [2.75, 3.05) is 59.5 Å². The molecule has 0 bridgehead atoms. The van der Waals surface area contributed by atoms with E-state index in [1.165, 1.54) is 30.0 Å². The van der Waals surface area contributed by atoms with Gasteiger partial charge in [0, 0.05) is 63.4 Å². The lowest BCUT2D eigenvalue weighted by Gasteiger charge is -2.41. The number of likely N-dealkylation sites (tertiary alicyclic amines) is 4. The number of oxime groups is 1. The number of halogens is 2. The number of carbonyl (C=O) groups is 3. The van der Waals surface area contributed by atoms with Gasteiger partial charge >= 0.3 is 5.97 Å². The number of carbonyl (C=O) groups excluding carboxylic acids is 2. The molecule has 4 saturated heterocycles. The fourth-order valence-electron chi connectivity index (χ4n) is 9.47. The Hall–Kier alpha value is -6.22. The summed E-state index contributed by atoms with van der Waals surface area (Å²) >= 11 is 0. The average Bonchev–Trinajstić information content (AvgIpc) is 4.06. The first-order valence-corrected chi connectivity index (χ1v) is 22.2. The minimum Gasteiger partial charge on any atom is -0.481 e. The summed E-state index contributed by atoms with van der Waals surface area (Å²) in [5, 5.41) is 33.9. The molecule has 3 aromatic heterocycles. The number of ether oxygens (including phenoxy) is 1. The van der Waals surface area contributed by atoms with Crippen LogP contribution in [0.1, 0.15) is 82.7 Å². The summed E-state index contributed by atoms with van der Waals surface area (Å²) in [7, 11) is 1.41. The number of aliphatic carboxylic acids is 1. The highest BCUT2D eigenvalue weighted by atomic mass is 19.1. The standard InChI is InChI=1S/C22H27FN6O2.C13H22N2O3.C9H9FN4O2/c1-14-18-4-3-5-19(23)20(18)29(25-14)22-24-21(31-26-22)16-6-10-28(11-7-16)17-8-12-27(13-9-17)15(2)30;1-10(16)14-8-4-12(5-9-14)15-6-2-11(3-7-15)13(17)18;1-16-8-5-3-2-4-6(10)7(5)14(12-8)9(11)13-15/h3-5,16-17H,6-13H2,1-2H3;11-12H,2-9H2,1H3,(H,17,18);2-4,15H,1H3,(H2,11,13). The highest BCUT2D eigenvalue weighted by molar-refractivity contribution is 5.94. The van der Waals surface area contributed by atoms with E-state index in [-0.39, 0.29) is 52.8 Å². The topological polar surface area (TPSA) is 227 Å². The zero-order valence-electron chi connectivity index (χ0n) is 37.3. The number of piperidine rings is 4. The van der Waals surface area contributed by atoms with Gasteiger partial charge in [-0.1, -0.05) is 18.2 Å². The molecular formula is C44H58F2N12O7. The molecule has 4 aliphatic heterocycles. The third kappa shape index (κ3) is 10.5. The molecule has 0 unspecified atom stereocenters. The van der Waals surface area contributed by atoms with Crippen molar-refractivity contribution in [1.82, 2.24) is 49.3 Å². The SMILES string of the molecule is CC(=O)N1CCC(N2CCC(C(=O)O)CC2)CC1.CC(=O)N1CCC(N2CCC(c3nc(-n4nc(C)c5cccc(F)c54)no3)CC2)CC1.COc1nn(/C(N)=N\O)c2c(F)cccc12. The third-order valence-corrected chi connectivity index (χ3v) is 13.2. The molecule has 0 aliphatic carbocycles. The van der Waals surface area contributed by atoms with E-state index in [0.29, 0.717) is 28.9 Å². The second-order valence-corrected chi connectivity index (χ2v) is 17.0. The van der Waals surface area contributed by atoms with Crippen LogP contribution in [0.4, 0.5) is 8.78 Å². The van der Waals surface area contributed by atoms with Crippen LogP contribution in [-0.2, 0) is 14.4 Å². The number of carboxylic acids is 1. The Bertz CT molecular complexity index is 2440. The molecule has 7 heterocycles. The lowest BCUT2D eigenvalue weighted by molar-refractivity contribution is -0.144. The fraction of sp³-hybridized carbons (Fsp3) is 0.545. The summed E-state index contributed by atoms with van der Waals surface area (Å²) in [5.74, 6) is -0.409. The fourth-order valence-corrected chi connectivity index (χ4v) is 9.47. The molecule has 4 aliphatic rings. The van der Waals surface area contributed by atoms with E-state index in [1.807, 2.05) is 22.8 Å². The van der Waals surface area contributed by atoms with Gasteiger partial charge in [-0.25, -0.2) is 8.78 Å². The summed E-state index contributed by atoms with van der Waals surface area (Å²) in [6, 6.07) is 10.4. The molecule has 19 nitrogen and oxygen atoms in total. The molecule has 0 spiro atoms. The van der Waals surface area contributed by atoms with E-state index in [9.17, 15) is 23.2 Å². The quantitative estimate of drug-likeness (QED) is 0.0919. The van der Waals surface area contributed by atoms with E-state index in [1.54, 1.807) is 26.0 Å². The van der Waals surface area contributed by atoms with Crippen molar-refractivity contribution in [3.8, 4) is 11.8 Å². The molecule has 0 radical (unpaired) electrons. The smallest absolute Gasteiger partial charge is 0.306 e. The van der Waals surface area contributed by atoms with Gasteiger partial charge in [0.1, 0.15) is 22.7 Å². The van der Waals surface area contributed by atoms with Crippen molar-refractivity contribution in [3.63, 3.8) is 0 Å². The number of fused-ring (bicyclic) bond motifs is 2. The van der Waals surface area contributed by atoms with Gasteiger partial charge in [0.2, 0.25) is 23.6 Å². The summed E-state index contributed by atoms with van der Waals surface area (Å²) in [6.07, 6.45) is 7.54. The number of hydrogen-bond acceptors (Lipinski definition) is 13. The maximum absolute atomic E-state index is 14.4. The number of amides is 2. The summed E-state index contributed by atoms with van der Waals surface area (Å²) < 4.78 is 41.0. The Morgan fingerprint density at radius 2 is 1.29 bits per heavy atom. The molecule has 65 heavy (non-hydrogen) atoms. The molecule has 4 N–H and O–H groups in total. The molecular weight excluding hydrogens is 847 g/mol. The number of hydrogen-bond donors (Lipinski definition) is 3. The van der Waals surface area contributed by atoms with Crippen molar-refractivity contribution in [2.24, 2.45) is 16.8 Å². The Morgan fingerprint density at radius 3 is 1.80 bits per heavy atom. The van der Waals surface area contributed by atoms with E-state index in [4.69, 9.17) is 25.3 Å². The molecule has 2 amide bonds. The van der Waals surface area contributed by atoms with Gasteiger partial charge < -0.3 is 44.9 Å². The predicted molar refractivity (Wildman–Crippen MR) is 235 cm³/mol. The van der Waals surface area contributed by atoms with Crippen LogP contribution < -0.4 is 10.5 Å². The second kappa shape index (κ2) is 20.7. The van der Waals surface area contributed by atoms with Crippen LogP contribution in [0.2, 0.25) is 0 Å². The van der Waals surface area contributed by atoms with Gasteiger partial charge in [0.15, 0.2) is 0 Å². The van der Waals surface area contributed by atoms with Gasteiger partial charge in [0.25, 0.3) is 11.9 Å². The molecule has 0 atom stereocenters. The van der Waals surface area contributed by atoms with Gasteiger partial charge in [-0.05, 0) is 113 Å². The van der Waals surface area contributed by atoms with E-state index >= 15 is 0 Å². The number of carboxylic acid groups (broad SMARTS) is 1. The molecule has 9 rings (SSSR count). The number of nitrogens with zero attached hydrogens (tertiary/aromatic N) is 11. The van der Waals surface area contributed by atoms with Crippen LogP contribution in [0.5, 0.6) is 5.88 Å². The number of methoxy groups -OCH3 is 1. The number of rotatable bonds is 6. The molecule has 4 fully saturated rings. The van der Waals surface area contributed by atoms with Crippen LogP contribution in [0.3, 0.4) is 0 Å². The normalized spacial score (nSPS) is 18.9. The molecule has 5 aromatic rings. The largest absolute Gasteiger partial charge is 0.481 e. The Labute approximate surface area is 374 Å². The Balaban J connectivity index is 0.000000158. The first-order valence-electron chi connectivity index (χ1n) is 22.2. The van der Waals surface area contributed by atoms with E-state index < -0.39 is 11.8 Å². The molecule has 350 valence electrons. The number of para-hydroxylation sites is 2. The number of benzene rings is 2. The highest BCUT2D eigenvalue weighted by Gasteiger charge is 2.33. The summed E-state index contributed by atoms with van der Waals surface area (Å²) in [4.78, 5) is 47.0. The maximum Gasteiger partial charge on any atom is 0.306 e. The van der Waals surface area contributed by atoms with Crippen molar-refractivity contribution in [2.45, 2.75) is 90.1 Å². The average molecular weight is 905 g/mol. The lowest BCUT2D eigenvalue weighted by atomic mass is 9.93. The third-order valence-electron chi connectivity index (χ3n) is 13.2. The van der Waals surface area contributed by atoms with Crippen molar-refractivity contribution in [1.29, 1.82) is 0 Å². The Kier molecular flexibility index (Phi) is 14.9. The van der Waals surface area contributed by atoms with Crippen molar-refractivity contribution >= 4 is 45.5 Å². The number of aromatic nitrogens is 6. The highest BCUT2D eigenvalue weighted by Crippen LogP contribution is 2.32. The van der Waals surface area contributed by atoms with Crippen LogP contribution in [-0.4, -0.2) is 155 Å². The number of nitrogens with two attached hydrogens (primary N) is 1. The van der Waals surface area contributed by atoms with Crippen LogP contribution >= 0.6 is 0 Å². The summed E-state index contributed by atoms with van der Waals surface area (Å²) in [6.45, 7) is 12.2. The van der Waals surface area contributed by atoms with Crippen LogP contribution in [0.25, 0.3) is 27.8 Å². The van der Waals surface area contributed by atoms with Crippen molar-refractivity contribution < 1.29 is 42.7 Å². The zero-order valence-corrected chi connectivity index (χ0v) is 37.3. The molecule has 2 aromatic carbocycles. The van der Waals surface area contributed by atoms with Gasteiger partial charge in [0.05, 0.1) is 24.1 Å². The van der Waals surface area contributed by atoms with Crippen molar-refractivity contribution in [3.05, 3.63) is 59.6 Å². The number of aryl methyl sites for hydroxylation is 1. The maximum atomic E-state index is 14.4. The first kappa shape index (κ1) is 46.8. The van der Waals surface area contributed by atoms with Gasteiger partial charge in [-0.2, -0.15) is 19.4 Å². The second-order valence-electron chi connectivity index (χ2n) is 17.0. The monoisotopic (exact) mass is 904 g/mol. The minimum absolute atomic E-state index is 0.106. The Morgan fingerprint density at radius 1 is 0.769 bits per heavy atom. The van der Waals surface area contributed by atoms with E-state index in [2.05, 4.69) is 35.3 Å². The molecule has 21 heteroatoms. The molecule has 0 saturated carbocycles. The zero-order chi connectivity index (χ0) is 46.4. The first-order chi connectivity index (χ1) is 31.3. The minimum atomic E-state index is -0.652. The van der Waals surface area contributed by atoms with Crippen LogP contribution in [0.15, 0.2) is 46.1 Å².